The van der Waals surface area contributed by atoms with Crippen molar-refractivity contribution in [1.82, 2.24) is 0 Å². The van der Waals surface area contributed by atoms with Crippen LogP contribution >= 0.6 is 0 Å². The Morgan fingerprint density at radius 1 is 0.800 bits per heavy atom. The average molecular weight is 342 g/mol. The van der Waals surface area contributed by atoms with E-state index in [0.29, 0.717) is 12.3 Å². The number of aryl methyl sites for hydroxylation is 2. The molecule has 0 heterocycles. The Balaban J connectivity index is 1.54. The molecule has 1 saturated carbocycles. The number of rotatable bonds is 6. The molecule has 0 N–H and O–H groups in total. The van der Waals surface area contributed by atoms with Gasteiger partial charge in [0.15, 0.2) is 0 Å². The van der Waals surface area contributed by atoms with Crippen LogP contribution in [0.2, 0.25) is 0 Å². The lowest BCUT2D eigenvalue weighted by atomic mass is 9.77. The number of halogens is 2. The maximum Gasteiger partial charge on any atom is 0.126 e. The zero-order valence-corrected chi connectivity index (χ0v) is 15.1. The summed E-state index contributed by atoms with van der Waals surface area (Å²) in [5.41, 5.74) is 3.40. The SMILES string of the molecule is CCCC1CCC(c2ccc(CCc3cc(F)cc(F)c3)cc2)CC1. The largest absolute Gasteiger partial charge is 0.207 e. The first-order chi connectivity index (χ1) is 12.1. The molecule has 0 atom stereocenters. The lowest BCUT2D eigenvalue weighted by Gasteiger charge is -2.28. The van der Waals surface area contributed by atoms with Crippen LogP contribution in [-0.4, -0.2) is 0 Å². The molecule has 1 aliphatic carbocycles. The Labute approximate surface area is 150 Å². The summed E-state index contributed by atoms with van der Waals surface area (Å²) in [6.07, 6.45) is 9.52. The molecule has 0 aromatic heterocycles. The molecule has 0 radical (unpaired) electrons. The zero-order valence-electron chi connectivity index (χ0n) is 15.1. The van der Waals surface area contributed by atoms with E-state index >= 15 is 0 Å². The first kappa shape index (κ1) is 18.1. The molecule has 0 saturated heterocycles. The molecule has 0 nitrogen and oxygen atoms in total. The fourth-order valence-electron chi connectivity index (χ4n) is 4.19. The van der Waals surface area contributed by atoms with Gasteiger partial charge in [-0.25, -0.2) is 8.78 Å². The minimum Gasteiger partial charge on any atom is -0.207 e. The lowest BCUT2D eigenvalue weighted by molar-refractivity contribution is 0.308. The van der Waals surface area contributed by atoms with Gasteiger partial charge in [0.05, 0.1) is 0 Å². The lowest BCUT2D eigenvalue weighted by Crippen LogP contribution is -2.13. The first-order valence-electron chi connectivity index (χ1n) is 9.68. The normalized spacial score (nSPS) is 20.6. The van der Waals surface area contributed by atoms with Crippen molar-refractivity contribution in [3.63, 3.8) is 0 Å². The van der Waals surface area contributed by atoms with Gasteiger partial charge in [0, 0.05) is 6.07 Å². The highest BCUT2D eigenvalue weighted by atomic mass is 19.1. The standard InChI is InChI=1S/C23H28F2/c1-2-3-17-6-10-20(11-7-17)21-12-8-18(9-13-21)4-5-19-14-22(24)16-23(25)15-19/h8-9,12-17,20H,2-7,10-11H2,1H3. The van der Waals surface area contributed by atoms with Crippen LogP contribution < -0.4 is 0 Å². The van der Waals surface area contributed by atoms with Crippen molar-refractivity contribution in [3.05, 3.63) is 70.8 Å². The molecular formula is C23H28F2. The second kappa shape index (κ2) is 8.60. The van der Waals surface area contributed by atoms with Gasteiger partial charge in [0.1, 0.15) is 11.6 Å². The van der Waals surface area contributed by atoms with E-state index in [1.807, 2.05) is 0 Å². The van der Waals surface area contributed by atoms with Crippen molar-refractivity contribution >= 4 is 0 Å². The van der Waals surface area contributed by atoms with E-state index in [1.165, 1.54) is 61.8 Å². The van der Waals surface area contributed by atoms with E-state index < -0.39 is 11.6 Å². The summed E-state index contributed by atoms with van der Waals surface area (Å²) in [6.45, 7) is 2.28. The minimum absolute atomic E-state index is 0.496. The van der Waals surface area contributed by atoms with Crippen molar-refractivity contribution in [3.8, 4) is 0 Å². The molecule has 1 aliphatic rings. The maximum absolute atomic E-state index is 13.2. The topological polar surface area (TPSA) is 0 Å². The van der Waals surface area contributed by atoms with Crippen LogP contribution in [0.3, 0.4) is 0 Å². The summed E-state index contributed by atoms with van der Waals surface area (Å²) in [6, 6.07) is 12.6. The molecule has 2 aromatic carbocycles. The highest BCUT2D eigenvalue weighted by Crippen LogP contribution is 2.37. The van der Waals surface area contributed by atoms with Gasteiger partial charge in [-0.2, -0.15) is 0 Å². The Kier molecular flexibility index (Phi) is 6.23. The molecule has 134 valence electrons. The fourth-order valence-corrected chi connectivity index (χ4v) is 4.19. The number of hydrogen-bond acceptors (Lipinski definition) is 0. The molecule has 0 spiro atoms. The second-order valence-electron chi connectivity index (χ2n) is 7.53. The van der Waals surface area contributed by atoms with Gasteiger partial charge in [-0.3, -0.25) is 0 Å². The van der Waals surface area contributed by atoms with Crippen LogP contribution in [0.25, 0.3) is 0 Å². The Hall–Kier alpha value is -1.70. The minimum atomic E-state index is -0.496. The van der Waals surface area contributed by atoms with Crippen LogP contribution in [-0.2, 0) is 12.8 Å². The third-order valence-electron chi connectivity index (χ3n) is 5.62. The van der Waals surface area contributed by atoms with E-state index in [0.717, 1.165) is 24.0 Å². The fraction of sp³-hybridized carbons (Fsp3) is 0.478. The summed E-state index contributed by atoms with van der Waals surface area (Å²) < 4.78 is 26.5. The third kappa shape index (κ3) is 5.14. The summed E-state index contributed by atoms with van der Waals surface area (Å²) >= 11 is 0. The summed E-state index contributed by atoms with van der Waals surface area (Å²) in [7, 11) is 0. The average Bonchev–Trinajstić information content (AvgIpc) is 2.61. The van der Waals surface area contributed by atoms with Crippen LogP contribution in [0, 0.1) is 17.6 Å². The molecule has 0 bridgehead atoms. The molecule has 2 heteroatoms. The first-order valence-corrected chi connectivity index (χ1v) is 9.68. The van der Waals surface area contributed by atoms with E-state index in [4.69, 9.17) is 0 Å². The summed E-state index contributed by atoms with van der Waals surface area (Å²) in [5.74, 6) is 0.653. The van der Waals surface area contributed by atoms with E-state index in [2.05, 4.69) is 31.2 Å². The molecule has 2 aromatic rings. The summed E-state index contributed by atoms with van der Waals surface area (Å²) in [4.78, 5) is 0. The van der Waals surface area contributed by atoms with Gasteiger partial charge in [-0.15, -0.1) is 0 Å². The second-order valence-corrected chi connectivity index (χ2v) is 7.53. The van der Waals surface area contributed by atoms with Gasteiger partial charge >= 0.3 is 0 Å². The van der Waals surface area contributed by atoms with Crippen LogP contribution in [0.5, 0.6) is 0 Å². The van der Waals surface area contributed by atoms with Crippen molar-refractivity contribution in [2.75, 3.05) is 0 Å². The van der Waals surface area contributed by atoms with Crippen molar-refractivity contribution < 1.29 is 8.78 Å². The van der Waals surface area contributed by atoms with E-state index in [-0.39, 0.29) is 0 Å². The highest BCUT2D eigenvalue weighted by Gasteiger charge is 2.21. The zero-order chi connectivity index (χ0) is 17.6. The predicted octanol–water partition coefficient (Wildman–Crippen LogP) is 6.82. The molecule has 0 unspecified atom stereocenters. The van der Waals surface area contributed by atoms with Crippen LogP contribution in [0.1, 0.15) is 68.1 Å². The van der Waals surface area contributed by atoms with Crippen molar-refractivity contribution in [2.45, 2.75) is 64.2 Å². The van der Waals surface area contributed by atoms with Gasteiger partial charge in [-0.1, -0.05) is 44.0 Å². The predicted molar refractivity (Wildman–Crippen MR) is 99.8 cm³/mol. The van der Waals surface area contributed by atoms with E-state index in [1.54, 1.807) is 0 Å². The van der Waals surface area contributed by atoms with Gasteiger partial charge < -0.3 is 0 Å². The highest BCUT2D eigenvalue weighted by molar-refractivity contribution is 5.27. The Morgan fingerprint density at radius 2 is 1.40 bits per heavy atom. The van der Waals surface area contributed by atoms with Crippen LogP contribution in [0.15, 0.2) is 42.5 Å². The monoisotopic (exact) mass is 342 g/mol. The molecule has 0 aliphatic heterocycles. The summed E-state index contributed by atoms with van der Waals surface area (Å²) in [5, 5.41) is 0. The Bertz CT molecular complexity index is 647. The van der Waals surface area contributed by atoms with Crippen molar-refractivity contribution in [1.29, 1.82) is 0 Å². The van der Waals surface area contributed by atoms with Gasteiger partial charge in [0.25, 0.3) is 0 Å². The molecular weight excluding hydrogens is 314 g/mol. The van der Waals surface area contributed by atoms with E-state index in [9.17, 15) is 8.78 Å². The van der Waals surface area contributed by atoms with Crippen LogP contribution in [0.4, 0.5) is 8.78 Å². The smallest absolute Gasteiger partial charge is 0.126 e. The molecule has 3 rings (SSSR count). The number of benzene rings is 2. The van der Waals surface area contributed by atoms with Gasteiger partial charge in [0.2, 0.25) is 0 Å². The van der Waals surface area contributed by atoms with Gasteiger partial charge in [-0.05, 0) is 79.2 Å². The molecule has 1 fully saturated rings. The molecule has 25 heavy (non-hydrogen) atoms. The molecule has 0 amide bonds. The maximum atomic E-state index is 13.2. The Morgan fingerprint density at radius 3 is 2.00 bits per heavy atom. The number of hydrogen-bond donors (Lipinski definition) is 0. The third-order valence-corrected chi connectivity index (χ3v) is 5.62. The quantitative estimate of drug-likeness (QED) is 0.540. The van der Waals surface area contributed by atoms with Crippen molar-refractivity contribution in [2.24, 2.45) is 5.92 Å².